The van der Waals surface area contributed by atoms with E-state index in [0.29, 0.717) is 17.3 Å². The number of anilines is 1. The summed E-state index contributed by atoms with van der Waals surface area (Å²) in [6.45, 7) is 5.75. The summed E-state index contributed by atoms with van der Waals surface area (Å²) in [5.41, 5.74) is 2.73. The summed E-state index contributed by atoms with van der Waals surface area (Å²) in [7, 11) is 0. The first-order valence-corrected chi connectivity index (χ1v) is 11.4. The molecule has 0 saturated heterocycles. The van der Waals surface area contributed by atoms with E-state index in [1.807, 2.05) is 32.9 Å². The lowest BCUT2D eigenvalue weighted by Crippen LogP contribution is -2.11. The Hall–Kier alpha value is -5.19. The molecule has 1 heterocycles. The molecule has 0 radical (unpaired) electrons. The first kappa shape index (κ1) is 25.9. The summed E-state index contributed by atoms with van der Waals surface area (Å²) < 4.78 is 17.0. The Morgan fingerprint density at radius 2 is 1.58 bits per heavy atom. The number of nitrogens with zero attached hydrogens (tertiary/aromatic N) is 2. The van der Waals surface area contributed by atoms with E-state index in [2.05, 4.69) is 5.32 Å². The Balaban J connectivity index is 1.47. The minimum Gasteiger partial charge on any atom is -0.486 e. The van der Waals surface area contributed by atoms with E-state index >= 15 is 0 Å². The van der Waals surface area contributed by atoms with Crippen LogP contribution in [0, 0.1) is 41.0 Å². The number of rotatable bonds is 9. The summed E-state index contributed by atoms with van der Waals surface area (Å²) in [5, 5.41) is 24.9. The predicted molar refractivity (Wildman–Crippen MR) is 138 cm³/mol. The van der Waals surface area contributed by atoms with Gasteiger partial charge in [-0.1, -0.05) is 6.07 Å². The average molecular weight is 517 g/mol. The average Bonchev–Trinajstić information content (AvgIpc) is 3.35. The number of hydrogen-bond donors (Lipinski definition) is 1. The van der Waals surface area contributed by atoms with Gasteiger partial charge in [0.2, 0.25) is 0 Å². The quantitative estimate of drug-likeness (QED) is 0.192. The molecule has 0 aliphatic rings. The Kier molecular flexibility index (Phi) is 7.38. The molecule has 0 saturated carbocycles. The summed E-state index contributed by atoms with van der Waals surface area (Å²) in [5.74, 6) is 0.818. The van der Waals surface area contributed by atoms with Gasteiger partial charge in [-0.25, -0.2) is 0 Å². The van der Waals surface area contributed by atoms with Crippen LogP contribution in [-0.2, 0) is 6.61 Å². The fourth-order valence-corrected chi connectivity index (χ4v) is 3.64. The van der Waals surface area contributed by atoms with Crippen LogP contribution in [0.15, 0.2) is 71.1 Å². The Morgan fingerprint density at radius 1 is 0.868 bits per heavy atom. The van der Waals surface area contributed by atoms with Gasteiger partial charge in [-0.3, -0.25) is 25.0 Å². The number of aryl methyl sites for hydroxylation is 2. The Bertz CT molecular complexity index is 1530. The molecule has 3 aromatic carbocycles. The van der Waals surface area contributed by atoms with Gasteiger partial charge in [-0.05, 0) is 67.8 Å². The van der Waals surface area contributed by atoms with Crippen molar-refractivity contribution in [3.8, 4) is 17.2 Å². The molecule has 0 fully saturated rings. The molecular formula is C27H23N3O8. The second kappa shape index (κ2) is 10.8. The number of carbonyl (C=O) groups is 1. The summed E-state index contributed by atoms with van der Waals surface area (Å²) in [6.07, 6.45) is 0. The van der Waals surface area contributed by atoms with Gasteiger partial charge in [-0.2, -0.15) is 0 Å². The van der Waals surface area contributed by atoms with Gasteiger partial charge in [0, 0.05) is 24.3 Å². The zero-order chi connectivity index (χ0) is 27.4. The highest BCUT2D eigenvalue weighted by Crippen LogP contribution is 2.33. The standard InChI is InChI=1S/C27H23N3O8/c1-16-10-17(2)18(3)26(11-16)38-24-13-19(12-21(14-24)30(34)35)28-27(31)25-9-8-23(37-25)15-36-22-6-4-20(5-7-22)29(32)33/h4-14H,15H2,1-3H3,(H,28,31). The Morgan fingerprint density at radius 3 is 2.26 bits per heavy atom. The molecule has 4 aromatic rings. The minimum atomic E-state index is -0.624. The smallest absolute Gasteiger partial charge is 0.291 e. The van der Waals surface area contributed by atoms with Crippen LogP contribution >= 0.6 is 0 Å². The third-order valence-corrected chi connectivity index (χ3v) is 5.67. The highest BCUT2D eigenvalue weighted by molar-refractivity contribution is 6.02. The molecule has 38 heavy (non-hydrogen) atoms. The monoisotopic (exact) mass is 517 g/mol. The van der Waals surface area contributed by atoms with Crippen LogP contribution in [0.25, 0.3) is 0 Å². The Labute approximate surface area is 216 Å². The maximum atomic E-state index is 12.8. The van der Waals surface area contributed by atoms with Gasteiger partial charge in [0.05, 0.1) is 21.6 Å². The molecule has 0 atom stereocenters. The van der Waals surface area contributed by atoms with Crippen molar-refractivity contribution in [3.05, 3.63) is 115 Å². The highest BCUT2D eigenvalue weighted by atomic mass is 16.6. The number of amides is 1. The maximum Gasteiger partial charge on any atom is 0.291 e. The van der Waals surface area contributed by atoms with Crippen molar-refractivity contribution in [3.63, 3.8) is 0 Å². The van der Waals surface area contributed by atoms with E-state index in [1.165, 1.54) is 48.5 Å². The molecule has 0 aliphatic carbocycles. The SMILES string of the molecule is Cc1cc(C)c(C)c(Oc2cc(NC(=O)c3ccc(COc4ccc([N+](=O)[O-])cc4)o3)cc([N+](=O)[O-])c2)c1. The second-order valence-electron chi connectivity index (χ2n) is 8.54. The highest BCUT2D eigenvalue weighted by Gasteiger charge is 2.17. The fraction of sp³-hybridized carbons (Fsp3) is 0.148. The van der Waals surface area contributed by atoms with Crippen molar-refractivity contribution in [1.82, 2.24) is 0 Å². The number of benzene rings is 3. The van der Waals surface area contributed by atoms with Crippen LogP contribution in [0.4, 0.5) is 17.1 Å². The molecular weight excluding hydrogens is 494 g/mol. The molecule has 1 N–H and O–H groups in total. The summed E-state index contributed by atoms with van der Waals surface area (Å²) >= 11 is 0. The maximum absolute atomic E-state index is 12.8. The molecule has 1 amide bonds. The largest absolute Gasteiger partial charge is 0.486 e. The number of non-ortho nitro benzene ring substituents is 2. The summed E-state index contributed by atoms with van der Waals surface area (Å²) in [6, 6.07) is 16.4. The molecule has 0 spiro atoms. The van der Waals surface area contributed by atoms with Crippen LogP contribution in [0.1, 0.15) is 33.0 Å². The summed E-state index contributed by atoms with van der Waals surface area (Å²) in [4.78, 5) is 33.9. The van der Waals surface area contributed by atoms with Crippen LogP contribution in [-0.4, -0.2) is 15.8 Å². The number of nitro groups is 2. The van der Waals surface area contributed by atoms with Gasteiger partial charge < -0.3 is 19.2 Å². The number of nitrogens with one attached hydrogen (secondary N) is 1. The van der Waals surface area contributed by atoms with Crippen molar-refractivity contribution in [2.24, 2.45) is 0 Å². The van der Waals surface area contributed by atoms with Crippen LogP contribution in [0.5, 0.6) is 17.2 Å². The lowest BCUT2D eigenvalue weighted by atomic mass is 10.1. The van der Waals surface area contributed by atoms with Gasteiger partial charge in [0.15, 0.2) is 5.76 Å². The van der Waals surface area contributed by atoms with Gasteiger partial charge >= 0.3 is 0 Å². The zero-order valence-corrected chi connectivity index (χ0v) is 20.7. The van der Waals surface area contributed by atoms with Crippen molar-refractivity contribution in [2.45, 2.75) is 27.4 Å². The predicted octanol–water partition coefficient (Wildman–Crippen LogP) is 6.64. The number of hydrogen-bond acceptors (Lipinski definition) is 8. The van der Waals surface area contributed by atoms with Gasteiger partial charge in [0.1, 0.15) is 29.6 Å². The van der Waals surface area contributed by atoms with E-state index in [9.17, 15) is 25.0 Å². The van der Waals surface area contributed by atoms with Crippen molar-refractivity contribution >= 4 is 23.0 Å². The fourth-order valence-electron chi connectivity index (χ4n) is 3.64. The molecule has 11 heteroatoms. The molecule has 11 nitrogen and oxygen atoms in total. The van der Waals surface area contributed by atoms with Crippen molar-refractivity contribution in [2.75, 3.05) is 5.32 Å². The molecule has 0 unspecified atom stereocenters. The van der Waals surface area contributed by atoms with Crippen LogP contribution in [0.2, 0.25) is 0 Å². The third-order valence-electron chi connectivity index (χ3n) is 5.67. The number of furan rings is 1. The van der Waals surface area contributed by atoms with Gasteiger partial charge in [-0.15, -0.1) is 0 Å². The minimum absolute atomic E-state index is 0.0187. The van der Waals surface area contributed by atoms with Crippen molar-refractivity contribution < 1.29 is 28.5 Å². The zero-order valence-electron chi connectivity index (χ0n) is 20.7. The van der Waals surface area contributed by atoms with Crippen LogP contribution in [0.3, 0.4) is 0 Å². The van der Waals surface area contributed by atoms with E-state index in [-0.39, 0.29) is 35.2 Å². The van der Waals surface area contributed by atoms with E-state index in [4.69, 9.17) is 13.9 Å². The lowest BCUT2D eigenvalue weighted by Gasteiger charge is -2.13. The topological polar surface area (TPSA) is 147 Å². The molecule has 0 aliphatic heterocycles. The number of ether oxygens (including phenoxy) is 2. The normalized spacial score (nSPS) is 10.6. The van der Waals surface area contributed by atoms with E-state index in [1.54, 1.807) is 6.07 Å². The molecule has 0 bridgehead atoms. The van der Waals surface area contributed by atoms with Crippen molar-refractivity contribution in [1.29, 1.82) is 0 Å². The molecule has 4 rings (SSSR count). The van der Waals surface area contributed by atoms with Crippen LogP contribution < -0.4 is 14.8 Å². The molecule has 194 valence electrons. The molecule has 1 aromatic heterocycles. The lowest BCUT2D eigenvalue weighted by molar-refractivity contribution is -0.385. The number of nitro benzene ring substituents is 2. The van der Waals surface area contributed by atoms with E-state index in [0.717, 1.165) is 16.7 Å². The first-order valence-electron chi connectivity index (χ1n) is 11.4. The van der Waals surface area contributed by atoms with E-state index < -0.39 is 15.8 Å². The number of carbonyl (C=O) groups excluding carboxylic acids is 1. The third kappa shape index (κ3) is 6.13. The first-order chi connectivity index (χ1) is 18.1. The second-order valence-corrected chi connectivity index (χ2v) is 8.54. The van der Waals surface area contributed by atoms with Gasteiger partial charge in [0.25, 0.3) is 17.3 Å².